The third kappa shape index (κ3) is 18.5. The van der Waals surface area contributed by atoms with Crippen LogP contribution >= 0.6 is 7.60 Å². The number of methoxy groups -OCH3 is 6. The predicted octanol–water partition coefficient (Wildman–Crippen LogP) is 5.77. The van der Waals surface area contributed by atoms with Crippen molar-refractivity contribution in [2.45, 2.75) is 75.8 Å². The highest BCUT2D eigenvalue weighted by Crippen LogP contribution is 2.49. The summed E-state index contributed by atoms with van der Waals surface area (Å²) in [7, 11) is 4.26. The summed E-state index contributed by atoms with van der Waals surface area (Å²) in [6.07, 6.45) is 0.478. The molecule has 1 fully saturated rings. The Labute approximate surface area is 487 Å². The smallest absolute Gasteiger partial charge is 0.333 e. The van der Waals surface area contributed by atoms with Gasteiger partial charge in [0.1, 0.15) is 36.0 Å². The van der Waals surface area contributed by atoms with Crippen LogP contribution in [0.2, 0.25) is 0 Å². The maximum absolute atomic E-state index is 14.3. The van der Waals surface area contributed by atoms with E-state index in [9.17, 15) is 33.3 Å². The Balaban J connectivity index is 1.21. The summed E-state index contributed by atoms with van der Waals surface area (Å²) in [5.41, 5.74) is 1.20. The van der Waals surface area contributed by atoms with E-state index in [-0.39, 0.29) is 72.0 Å². The first-order valence-corrected chi connectivity index (χ1v) is 28.9. The highest BCUT2D eigenvalue weighted by Gasteiger charge is 2.45. The van der Waals surface area contributed by atoms with Gasteiger partial charge in [0.2, 0.25) is 6.54 Å². The summed E-state index contributed by atoms with van der Waals surface area (Å²) >= 11 is 0. The summed E-state index contributed by atoms with van der Waals surface area (Å²) in [5, 5.41) is 0. The normalized spacial score (nSPS) is 15.5. The fraction of sp³-hybridized carbons (Fsp3) is 0.433. The summed E-state index contributed by atoms with van der Waals surface area (Å²) in [5.74, 6) is 5.20. The van der Waals surface area contributed by atoms with Crippen molar-refractivity contribution in [3.63, 3.8) is 0 Å². The molecule has 0 saturated carbocycles. The lowest BCUT2D eigenvalue weighted by molar-refractivity contribution is -0.147. The molecule has 448 valence electrons. The van der Waals surface area contributed by atoms with Crippen LogP contribution in [0.3, 0.4) is 0 Å². The molecular formula is C60H71N6O17P. The minimum atomic E-state index is -3.82. The van der Waals surface area contributed by atoms with E-state index in [0.29, 0.717) is 54.1 Å². The monoisotopic (exact) mass is 1180 g/mol. The molecule has 0 N–H and O–H groups in total. The number of pyridine rings is 1. The average molecular weight is 1180 g/mol. The van der Waals surface area contributed by atoms with Gasteiger partial charge in [-0.15, -0.1) is 0 Å². The molecule has 0 radical (unpaired) electrons. The molecule has 3 aromatic carbocycles. The molecule has 0 aliphatic carbocycles. The van der Waals surface area contributed by atoms with E-state index in [4.69, 9.17) is 58.5 Å². The molecule has 2 aromatic heterocycles. The maximum atomic E-state index is 14.3. The Bertz CT molecular complexity index is 3140. The van der Waals surface area contributed by atoms with Gasteiger partial charge >= 0.3 is 37.2 Å². The second-order valence-corrected chi connectivity index (χ2v) is 21.4. The highest BCUT2D eigenvalue weighted by molar-refractivity contribution is 7.53. The van der Waals surface area contributed by atoms with Crippen LogP contribution in [0.5, 0.6) is 11.5 Å². The number of unbranched alkanes of at least 4 members (excludes halogenated alkanes) is 3. The quantitative estimate of drug-likeness (QED) is 0.00972. The van der Waals surface area contributed by atoms with Crippen LogP contribution in [0.1, 0.15) is 72.0 Å². The molecule has 24 heteroatoms. The van der Waals surface area contributed by atoms with E-state index in [1.54, 1.807) is 26.4 Å². The average Bonchev–Trinajstić information content (AvgIpc) is 3.84. The lowest BCUT2D eigenvalue weighted by Crippen LogP contribution is -2.40. The van der Waals surface area contributed by atoms with Crippen LogP contribution in [-0.4, -0.2) is 155 Å². The van der Waals surface area contributed by atoms with E-state index in [1.807, 2.05) is 78.9 Å². The molecular weight excluding hydrogens is 1110 g/mol. The van der Waals surface area contributed by atoms with Gasteiger partial charge in [0.05, 0.1) is 92.9 Å². The summed E-state index contributed by atoms with van der Waals surface area (Å²) in [4.78, 5) is 87.9. The van der Waals surface area contributed by atoms with Gasteiger partial charge in [-0.05, 0) is 65.9 Å². The first kappa shape index (κ1) is 65.2. The van der Waals surface area contributed by atoms with Crippen LogP contribution in [0, 0.1) is 18.4 Å². The van der Waals surface area contributed by atoms with Crippen LogP contribution in [0.4, 0.5) is 0 Å². The third-order valence-electron chi connectivity index (χ3n) is 13.5. The Morgan fingerprint density at radius 3 is 1.76 bits per heavy atom. The molecule has 1 aliphatic heterocycles. The summed E-state index contributed by atoms with van der Waals surface area (Å²) in [6.45, 7) is 7.26. The van der Waals surface area contributed by atoms with E-state index in [0.717, 1.165) is 21.3 Å². The lowest BCUT2D eigenvalue weighted by Gasteiger charge is -2.37. The molecule has 1 saturated heterocycles. The number of hydrogen-bond donors (Lipinski definition) is 0. The highest BCUT2D eigenvalue weighted by atomic mass is 31.2. The number of carbonyl (C=O) groups excluding carboxylic acids is 4. The van der Waals surface area contributed by atoms with Crippen molar-refractivity contribution in [1.29, 1.82) is 0 Å². The number of aromatic nitrogens is 3. The Hall–Kier alpha value is -7.99. The van der Waals surface area contributed by atoms with Crippen LogP contribution in [-0.2, 0) is 86.4 Å². The number of carbonyl (C=O) groups is 4. The van der Waals surface area contributed by atoms with Gasteiger partial charge in [-0.25, -0.2) is 11.4 Å². The molecule has 6 rings (SSSR count). The number of hydrogen-bond acceptors (Lipinski definition) is 20. The zero-order valence-corrected chi connectivity index (χ0v) is 49.1. The lowest BCUT2D eigenvalue weighted by atomic mass is 9.80. The van der Waals surface area contributed by atoms with E-state index >= 15 is 0 Å². The molecule has 23 nitrogen and oxygen atoms in total. The number of ether oxygens (including phenoxy) is 8. The molecule has 4 atom stereocenters. The minimum Gasteiger partial charge on any atom is -0.497 e. The van der Waals surface area contributed by atoms with E-state index < -0.39 is 66.8 Å². The Morgan fingerprint density at radius 2 is 1.26 bits per heavy atom. The number of benzene rings is 3. The van der Waals surface area contributed by atoms with Gasteiger partial charge in [0.25, 0.3) is 5.56 Å². The van der Waals surface area contributed by atoms with Gasteiger partial charge in [0.15, 0.2) is 0 Å². The third-order valence-corrected chi connectivity index (χ3v) is 14.8. The van der Waals surface area contributed by atoms with E-state index in [2.05, 4.69) is 16.7 Å². The SMILES string of the molecule is [C-]#[N+]CCOP(C)(=O)O[C@@H]1C[C@H](n2ccc(=O)n(CCCCCC#Cc3cc(CN(CC(=O)OC)CC(=O)OC)nc(CN(CC(=O)OC)CC(=O)OC)c3)c2=O)O[C@@H]1COC(c1ccccc1)(c1ccc(OC)cc1)c1ccc(OC)cc1. The second kappa shape index (κ2) is 32.2. The van der Waals surface area contributed by atoms with Crippen molar-refractivity contribution in [1.82, 2.24) is 23.9 Å². The van der Waals surface area contributed by atoms with Crippen LogP contribution < -0.4 is 20.7 Å². The van der Waals surface area contributed by atoms with Crippen LogP contribution in [0.25, 0.3) is 4.85 Å². The van der Waals surface area contributed by atoms with Gasteiger partial charge in [-0.2, -0.15) is 0 Å². The number of nitrogens with zero attached hydrogens (tertiary/aromatic N) is 6. The standard InChI is InChI=1S/C60H71N6O17P/c1-61-29-32-81-84(8,73)83-51-35-54(82-52(51)42-80-60(44-18-14-12-15-19-44,45-20-24-49(74-2)25-21-45)46-22-26-50(75-3)27-23-46)66-31-28-53(67)65(59(66)72)30-16-11-9-10-13-17-43-33-47(36-63(38-55(68)76-4)39-56(69)77-5)62-48(34-43)37-64(40-57(70)78-6)41-58(71)79-7/h12,14-15,18-28,31,33-34,51-52,54H,9-11,16,29-30,32,35-42H2,2-8H3/t51-,52-,54-,84?/m1/s1. The molecule has 5 aromatic rings. The van der Waals surface area contributed by atoms with Crippen molar-refractivity contribution in [3.05, 3.63) is 169 Å². The zero-order valence-electron chi connectivity index (χ0n) is 48.2. The van der Waals surface area contributed by atoms with E-state index in [1.165, 1.54) is 61.7 Å². The largest absolute Gasteiger partial charge is 0.497 e. The van der Waals surface area contributed by atoms with Crippen molar-refractivity contribution in [3.8, 4) is 23.3 Å². The second-order valence-electron chi connectivity index (χ2n) is 19.4. The van der Waals surface area contributed by atoms with Crippen molar-refractivity contribution in [2.75, 3.05) is 95.3 Å². The maximum Gasteiger partial charge on any atom is 0.333 e. The predicted molar refractivity (Wildman–Crippen MR) is 306 cm³/mol. The van der Waals surface area contributed by atoms with Crippen molar-refractivity contribution >= 4 is 31.5 Å². The number of esters is 4. The Morgan fingerprint density at radius 1 is 0.738 bits per heavy atom. The molecule has 1 unspecified atom stereocenters. The van der Waals surface area contributed by atoms with Crippen molar-refractivity contribution in [2.24, 2.45) is 0 Å². The first-order chi connectivity index (χ1) is 40.5. The molecule has 1 aliphatic rings. The fourth-order valence-electron chi connectivity index (χ4n) is 9.39. The van der Waals surface area contributed by atoms with Gasteiger partial charge in [-0.3, -0.25) is 52.5 Å². The molecule has 0 amide bonds. The summed E-state index contributed by atoms with van der Waals surface area (Å²) < 4.78 is 72.3. The minimum absolute atomic E-state index is 0.00439. The van der Waals surface area contributed by atoms with Gasteiger partial charge < -0.3 is 51.8 Å². The summed E-state index contributed by atoms with van der Waals surface area (Å²) in [6, 6.07) is 29.3. The van der Waals surface area contributed by atoms with Gasteiger partial charge in [0, 0.05) is 57.0 Å². The topological polar surface area (TPSA) is 245 Å². The first-order valence-electron chi connectivity index (χ1n) is 26.9. The van der Waals surface area contributed by atoms with Crippen molar-refractivity contribution < 1.29 is 70.7 Å². The molecule has 0 bridgehead atoms. The van der Waals surface area contributed by atoms with Crippen LogP contribution in [0.15, 0.2) is 113 Å². The molecule has 84 heavy (non-hydrogen) atoms. The zero-order chi connectivity index (χ0) is 60.7. The fourth-order valence-corrected chi connectivity index (χ4v) is 10.6. The molecule has 0 spiro atoms. The van der Waals surface area contributed by atoms with Gasteiger partial charge in [-0.1, -0.05) is 72.9 Å². The number of rotatable bonds is 31. The molecule has 3 heterocycles. The Kier molecular flexibility index (Phi) is 25.0.